The van der Waals surface area contributed by atoms with E-state index in [1.807, 2.05) is 38.1 Å². The number of carbonyl (C=O) groups excluding carboxylic acids is 3. The average Bonchev–Trinajstić information content (AvgIpc) is 2.60. The molecule has 1 spiro atoms. The van der Waals surface area contributed by atoms with Gasteiger partial charge in [0.1, 0.15) is 11.6 Å². The van der Waals surface area contributed by atoms with Gasteiger partial charge in [0.05, 0.1) is 11.4 Å². The van der Waals surface area contributed by atoms with Crippen LogP contribution >= 0.6 is 0 Å². The van der Waals surface area contributed by atoms with Crippen molar-refractivity contribution in [2.75, 3.05) is 23.7 Å². The minimum absolute atomic E-state index is 0.00488. The number of rotatable bonds is 3. The molecule has 0 aromatic heterocycles. The van der Waals surface area contributed by atoms with E-state index in [1.54, 1.807) is 4.90 Å². The van der Waals surface area contributed by atoms with E-state index in [9.17, 15) is 14.4 Å². The molecule has 2 aliphatic heterocycles. The molecule has 1 aromatic carbocycles. The summed E-state index contributed by atoms with van der Waals surface area (Å²) < 4.78 is 0. The van der Waals surface area contributed by atoms with Gasteiger partial charge in [0.25, 0.3) is 0 Å². The van der Waals surface area contributed by atoms with Crippen molar-refractivity contribution in [3.05, 3.63) is 24.3 Å². The van der Waals surface area contributed by atoms with Crippen LogP contribution in [0.25, 0.3) is 0 Å². The highest BCUT2D eigenvalue weighted by molar-refractivity contribution is 6.06. The van der Waals surface area contributed by atoms with E-state index in [2.05, 4.69) is 16.0 Å². The summed E-state index contributed by atoms with van der Waals surface area (Å²) in [6.45, 7) is 6.20. The highest BCUT2D eigenvalue weighted by Gasteiger charge is 2.45. The van der Waals surface area contributed by atoms with Crippen molar-refractivity contribution in [1.29, 1.82) is 0 Å². The molecule has 0 bridgehead atoms. The van der Waals surface area contributed by atoms with Gasteiger partial charge >= 0.3 is 0 Å². The van der Waals surface area contributed by atoms with Gasteiger partial charge in [-0.05, 0) is 30.9 Å². The maximum absolute atomic E-state index is 12.8. The second kappa shape index (κ2) is 6.97. The first-order valence-corrected chi connectivity index (χ1v) is 9.07. The predicted molar refractivity (Wildman–Crippen MR) is 99.7 cm³/mol. The summed E-state index contributed by atoms with van der Waals surface area (Å²) in [5, 5.41) is 9.10. The number of anilines is 2. The molecule has 3 rings (SSSR count). The Morgan fingerprint density at radius 1 is 1.15 bits per heavy atom. The molecule has 140 valence electrons. The zero-order chi connectivity index (χ0) is 18.9. The van der Waals surface area contributed by atoms with Gasteiger partial charge in [0, 0.05) is 20.0 Å². The van der Waals surface area contributed by atoms with Gasteiger partial charge in [-0.3, -0.25) is 14.4 Å². The minimum Gasteiger partial charge on any atom is -0.369 e. The maximum atomic E-state index is 12.8. The molecule has 1 saturated heterocycles. The van der Waals surface area contributed by atoms with Crippen LogP contribution in [-0.2, 0) is 14.4 Å². The van der Waals surface area contributed by atoms with Crippen LogP contribution in [0.1, 0.15) is 33.6 Å². The van der Waals surface area contributed by atoms with Crippen molar-refractivity contribution >= 4 is 29.1 Å². The van der Waals surface area contributed by atoms with E-state index in [4.69, 9.17) is 0 Å². The fourth-order valence-electron chi connectivity index (χ4n) is 3.65. The Labute approximate surface area is 153 Å². The van der Waals surface area contributed by atoms with E-state index in [1.165, 1.54) is 6.92 Å². The topological polar surface area (TPSA) is 90.5 Å². The van der Waals surface area contributed by atoms with E-state index in [-0.39, 0.29) is 23.6 Å². The molecule has 0 saturated carbocycles. The van der Waals surface area contributed by atoms with Crippen LogP contribution in [0.3, 0.4) is 0 Å². The minimum atomic E-state index is -0.688. The van der Waals surface area contributed by atoms with E-state index in [0.717, 1.165) is 11.4 Å². The SMILES string of the molecule is CC(=O)N[C@@H](C(=O)N1CCC2(CC1)Nc1ccccc1NC2=O)C(C)C. The van der Waals surface area contributed by atoms with Crippen molar-refractivity contribution in [1.82, 2.24) is 10.2 Å². The first kappa shape index (κ1) is 18.2. The van der Waals surface area contributed by atoms with Crippen LogP contribution in [0.15, 0.2) is 24.3 Å². The fraction of sp³-hybridized carbons (Fsp3) is 0.526. The smallest absolute Gasteiger partial charge is 0.250 e. The van der Waals surface area contributed by atoms with Crippen LogP contribution in [0.5, 0.6) is 0 Å². The Bertz CT molecular complexity index is 723. The molecule has 7 nitrogen and oxygen atoms in total. The Balaban J connectivity index is 1.70. The van der Waals surface area contributed by atoms with Crippen LogP contribution in [0.2, 0.25) is 0 Å². The van der Waals surface area contributed by atoms with E-state index < -0.39 is 11.6 Å². The second-order valence-electron chi connectivity index (χ2n) is 7.45. The van der Waals surface area contributed by atoms with Gasteiger partial charge in [-0.15, -0.1) is 0 Å². The molecule has 2 heterocycles. The summed E-state index contributed by atoms with van der Waals surface area (Å²) in [7, 11) is 0. The van der Waals surface area contributed by atoms with Gasteiger partial charge in [-0.25, -0.2) is 0 Å². The molecule has 1 fully saturated rings. The molecular weight excluding hydrogens is 332 g/mol. The predicted octanol–water partition coefficient (Wildman–Crippen LogP) is 1.57. The van der Waals surface area contributed by atoms with Gasteiger partial charge in [-0.2, -0.15) is 0 Å². The Morgan fingerprint density at radius 2 is 1.77 bits per heavy atom. The molecule has 3 N–H and O–H groups in total. The Kier molecular flexibility index (Phi) is 4.89. The average molecular weight is 358 g/mol. The number of carbonyl (C=O) groups is 3. The molecule has 1 atom stereocenters. The third kappa shape index (κ3) is 3.38. The largest absolute Gasteiger partial charge is 0.369 e. The van der Waals surface area contributed by atoms with Gasteiger partial charge in [0.15, 0.2) is 0 Å². The van der Waals surface area contributed by atoms with Crippen molar-refractivity contribution in [3.63, 3.8) is 0 Å². The lowest BCUT2D eigenvalue weighted by Crippen LogP contribution is -2.61. The van der Waals surface area contributed by atoms with Crippen LogP contribution in [0, 0.1) is 5.92 Å². The standard InChI is InChI=1S/C19H26N4O3/c1-12(2)16(20-13(3)24)17(25)23-10-8-19(9-11-23)18(26)21-14-6-4-5-7-15(14)22-19/h4-7,12,16,22H,8-11H2,1-3H3,(H,20,24)(H,21,26)/t16-/m1/s1. The van der Waals surface area contributed by atoms with E-state index in [0.29, 0.717) is 25.9 Å². The summed E-state index contributed by atoms with van der Waals surface area (Å²) in [6.07, 6.45) is 1.06. The number of nitrogens with one attached hydrogen (secondary N) is 3. The first-order chi connectivity index (χ1) is 12.3. The lowest BCUT2D eigenvalue weighted by molar-refractivity contribution is -0.139. The van der Waals surface area contributed by atoms with Gasteiger partial charge < -0.3 is 20.9 Å². The third-order valence-corrected chi connectivity index (χ3v) is 5.20. The number of piperidine rings is 1. The summed E-state index contributed by atoms with van der Waals surface area (Å²) in [4.78, 5) is 38.6. The summed E-state index contributed by atoms with van der Waals surface area (Å²) in [5.74, 6) is -0.340. The second-order valence-corrected chi connectivity index (χ2v) is 7.45. The normalized spacial score (nSPS) is 19.4. The fourth-order valence-corrected chi connectivity index (χ4v) is 3.65. The van der Waals surface area contributed by atoms with E-state index >= 15 is 0 Å². The summed E-state index contributed by atoms with van der Waals surface area (Å²) in [6, 6.07) is 7.09. The molecule has 2 aliphatic rings. The molecule has 1 aromatic rings. The molecular formula is C19H26N4O3. The monoisotopic (exact) mass is 358 g/mol. The molecule has 0 aliphatic carbocycles. The van der Waals surface area contributed by atoms with Crippen molar-refractivity contribution < 1.29 is 14.4 Å². The van der Waals surface area contributed by atoms with Crippen LogP contribution < -0.4 is 16.0 Å². The maximum Gasteiger partial charge on any atom is 0.250 e. The number of para-hydroxylation sites is 2. The number of hydrogen-bond acceptors (Lipinski definition) is 4. The number of fused-ring (bicyclic) bond motifs is 1. The van der Waals surface area contributed by atoms with Crippen LogP contribution in [0.4, 0.5) is 11.4 Å². The molecule has 26 heavy (non-hydrogen) atoms. The van der Waals surface area contributed by atoms with Crippen LogP contribution in [-0.4, -0.2) is 47.3 Å². The molecule has 0 unspecified atom stereocenters. The number of hydrogen-bond donors (Lipinski definition) is 3. The molecule has 0 radical (unpaired) electrons. The third-order valence-electron chi connectivity index (χ3n) is 5.20. The van der Waals surface area contributed by atoms with Crippen molar-refractivity contribution in [2.24, 2.45) is 5.92 Å². The molecule has 3 amide bonds. The number of likely N-dealkylation sites (tertiary alicyclic amines) is 1. The Hall–Kier alpha value is -2.57. The van der Waals surface area contributed by atoms with Gasteiger partial charge in [-0.1, -0.05) is 26.0 Å². The zero-order valence-corrected chi connectivity index (χ0v) is 15.5. The van der Waals surface area contributed by atoms with Crippen molar-refractivity contribution in [2.45, 2.75) is 45.2 Å². The first-order valence-electron chi connectivity index (χ1n) is 9.07. The zero-order valence-electron chi connectivity index (χ0n) is 15.5. The molecule has 7 heteroatoms. The quantitative estimate of drug-likeness (QED) is 0.765. The number of amides is 3. The Morgan fingerprint density at radius 3 is 2.35 bits per heavy atom. The number of benzene rings is 1. The lowest BCUT2D eigenvalue weighted by Gasteiger charge is -2.45. The highest BCUT2D eigenvalue weighted by atomic mass is 16.2. The number of nitrogens with zero attached hydrogens (tertiary/aromatic N) is 1. The van der Waals surface area contributed by atoms with Gasteiger partial charge in [0.2, 0.25) is 17.7 Å². The highest BCUT2D eigenvalue weighted by Crippen LogP contribution is 2.36. The van der Waals surface area contributed by atoms with Crippen molar-refractivity contribution in [3.8, 4) is 0 Å². The summed E-state index contributed by atoms with van der Waals surface area (Å²) in [5.41, 5.74) is 1.00. The lowest BCUT2D eigenvalue weighted by atomic mass is 9.84. The summed E-state index contributed by atoms with van der Waals surface area (Å²) >= 11 is 0.